The highest BCUT2D eigenvalue weighted by molar-refractivity contribution is 7.94. The number of aryl methyl sites for hydroxylation is 2. The first kappa shape index (κ1) is 20.8. The van der Waals surface area contributed by atoms with Crippen LogP contribution in [0.3, 0.4) is 0 Å². The van der Waals surface area contributed by atoms with E-state index in [-0.39, 0.29) is 4.21 Å². The van der Waals surface area contributed by atoms with Gasteiger partial charge in [-0.3, -0.25) is 4.72 Å². The maximum absolute atomic E-state index is 12.3. The molecule has 3 aromatic heterocycles. The molecule has 3 N–H and O–H groups in total. The van der Waals surface area contributed by atoms with E-state index in [1.165, 1.54) is 11.3 Å². The largest absolute Gasteiger partial charge is 0.340 e. The molecule has 31 heavy (non-hydrogen) atoms. The van der Waals surface area contributed by atoms with Crippen LogP contribution >= 0.6 is 11.3 Å². The summed E-state index contributed by atoms with van der Waals surface area (Å²) in [6, 6.07) is 15.8. The molecule has 4 aromatic rings. The molecule has 0 fully saturated rings. The second kappa shape index (κ2) is 8.70. The topological polar surface area (TPSA) is 109 Å². The van der Waals surface area contributed by atoms with Crippen molar-refractivity contribution >= 4 is 50.2 Å². The molecular formula is C21H20N6O2S2. The van der Waals surface area contributed by atoms with Crippen LogP contribution in [0.5, 0.6) is 0 Å². The monoisotopic (exact) mass is 452 g/mol. The van der Waals surface area contributed by atoms with Crippen LogP contribution in [0.15, 0.2) is 70.4 Å². The lowest BCUT2D eigenvalue weighted by molar-refractivity contribution is 0.603. The van der Waals surface area contributed by atoms with Gasteiger partial charge in [-0.25, -0.2) is 23.4 Å². The van der Waals surface area contributed by atoms with Gasteiger partial charge in [0.15, 0.2) is 0 Å². The van der Waals surface area contributed by atoms with Crippen molar-refractivity contribution in [2.45, 2.75) is 18.1 Å². The molecule has 3 heterocycles. The summed E-state index contributed by atoms with van der Waals surface area (Å²) < 4.78 is 27.5. The molecule has 0 aliphatic heterocycles. The summed E-state index contributed by atoms with van der Waals surface area (Å²) in [6.45, 7) is 3.80. The average Bonchev–Trinajstić information content (AvgIpc) is 3.25. The minimum Gasteiger partial charge on any atom is -0.340 e. The molecule has 10 heteroatoms. The SMILES string of the molecule is Cc1ccnc(Nc2cc(Nc3ccc(NS(=O)(=O)c4cccs4)cc3)nc(C)n2)c1. The predicted molar refractivity (Wildman–Crippen MR) is 124 cm³/mol. The van der Waals surface area contributed by atoms with E-state index in [4.69, 9.17) is 0 Å². The van der Waals surface area contributed by atoms with Gasteiger partial charge in [0, 0.05) is 23.6 Å². The maximum atomic E-state index is 12.3. The quantitative estimate of drug-likeness (QED) is 0.368. The molecule has 0 aliphatic rings. The molecule has 4 rings (SSSR count). The molecule has 1 aromatic carbocycles. The predicted octanol–water partition coefficient (Wildman–Crippen LogP) is 4.84. The fourth-order valence-corrected chi connectivity index (χ4v) is 4.87. The van der Waals surface area contributed by atoms with Gasteiger partial charge in [-0.05, 0) is 67.3 Å². The molecular weight excluding hydrogens is 432 g/mol. The van der Waals surface area contributed by atoms with E-state index in [0.29, 0.717) is 29.0 Å². The number of thiophene rings is 1. The van der Waals surface area contributed by atoms with Gasteiger partial charge in [0.1, 0.15) is 27.5 Å². The van der Waals surface area contributed by atoms with Crippen LogP contribution < -0.4 is 15.4 Å². The number of aromatic nitrogens is 3. The molecule has 0 saturated heterocycles. The number of nitrogens with one attached hydrogen (secondary N) is 3. The van der Waals surface area contributed by atoms with E-state index in [2.05, 4.69) is 30.3 Å². The first-order valence-electron chi connectivity index (χ1n) is 9.36. The van der Waals surface area contributed by atoms with Gasteiger partial charge in [0.25, 0.3) is 10.0 Å². The van der Waals surface area contributed by atoms with Crippen LogP contribution in [0.1, 0.15) is 11.4 Å². The zero-order valence-corrected chi connectivity index (χ0v) is 18.5. The summed E-state index contributed by atoms with van der Waals surface area (Å²) in [5, 5.41) is 8.12. The molecule has 8 nitrogen and oxygen atoms in total. The summed E-state index contributed by atoms with van der Waals surface area (Å²) in [6.07, 6.45) is 1.74. The van der Waals surface area contributed by atoms with E-state index in [1.807, 2.05) is 26.0 Å². The Morgan fingerprint density at radius 3 is 2.23 bits per heavy atom. The normalized spacial score (nSPS) is 11.2. The second-order valence-corrected chi connectivity index (χ2v) is 9.63. The number of pyridine rings is 1. The van der Waals surface area contributed by atoms with Crippen molar-refractivity contribution in [2.75, 3.05) is 15.4 Å². The van der Waals surface area contributed by atoms with Gasteiger partial charge < -0.3 is 10.6 Å². The van der Waals surface area contributed by atoms with Gasteiger partial charge in [-0.1, -0.05) is 6.07 Å². The highest BCUT2D eigenvalue weighted by Gasteiger charge is 2.15. The Bertz CT molecular complexity index is 1290. The van der Waals surface area contributed by atoms with Crippen LogP contribution in [0, 0.1) is 13.8 Å². The third kappa shape index (κ3) is 5.36. The summed E-state index contributed by atoms with van der Waals surface area (Å²) in [5.74, 6) is 2.52. The number of hydrogen-bond acceptors (Lipinski definition) is 8. The minimum absolute atomic E-state index is 0.272. The lowest BCUT2D eigenvalue weighted by Crippen LogP contribution is -2.11. The second-order valence-electron chi connectivity index (χ2n) is 6.77. The summed E-state index contributed by atoms with van der Waals surface area (Å²) in [5.41, 5.74) is 2.33. The highest BCUT2D eigenvalue weighted by atomic mass is 32.2. The molecule has 158 valence electrons. The lowest BCUT2D eigenvalue weighted by atomic mass is 10.3. The van der Waals surface area contributed by atoms with Gasteiger partial charge >= 0.3 is 0 Å². The van der Waals surface area contributed by atoms with Crippen molar-refractivity contribution in [3.63, 3.8) is 0 Å². The van der Waals surface area contributed by atoms with Crippen molar-refractivity contribution in [1.82, 2.24) is 15.0 Å². The van der Waals surface area contributed by atoms with Crippen LogP contribution in [-0.2, 0) is 10.0 Å². The molecule has 0 bridgehead atoms. The van der Waals surface area contributed by atoms with Gasteiger partial charge in [-0.2, -0.15) is 0 Å². The zero-order chi connectivity index (χ0) is 21.8. The van der Waals surface area contributed by atoms with Crippen molar-refractivity contribution in [3.8, 4) is 0 Å². The van der Waals surface area contributed by atoms with E-state index < -0.39 is 10.0 Å². The Morgan fingerprint density at radius 2 is 1.55 bits per heavy atom. The fraction of sp³-hybridized carbons (Fsp3) is 0.0952. The number of benzene rings is 1. The third-order valence-electron chi connectivity index (χ3n) is 4.18. The molecule has 0 saturated carbocycles. The van der Waals surface area contributed by atoms with Crippen molar-refractivity contribution in [2.24, 2.45) is 0 Å². The highest BCUT2D eigenvalue weighted by Crippen LogP contribution is 2.24. The van der Waals surface area contributed by atoms with E-state index in [1.54, 1.807) is 54.0 Å². The summed E-state index contributed by atoms with van der Waals surface area (Å²) in [7, 11) is -3.57. The molecule has 0 radical (unpaired) electrons. The Morgan fingerprint density at radius 1 is 0.839 bits per heavy atom. The molecule has 0 unspecified atom stereocenters. The van der Waals surface area contributed by atoms with Gasteiger partial charge in [0.05, 0.1) is 0 Å². The maximum Gasteiger partial charge on any atom is 0.271 e. The van der Waals surface area contributed by atoms with Crippen molar-refractivity contribution < 1.29 is 8.42 Å². The number of anilines is 5. The van der Waals surface area contributed by atoms with Crippen LogP contribution in [0.4, 0.5) is 28.8 Å². The van der Waals surface area contributed by atoms with Crippen molar-refractivity contribution in [1.29, 1.82) is 0 Å². The number of sulfonamides is 1. The Hall–Kier alpha value is -3.50. The van der Waals surface area contributed by atoms with Crippen molar-refractivity contribution in [3.05, 3.63) is 77.6 Å². The molecule has 0 spiro atoms. The summed E-state index contributed by atoms with van der Waals surface area (Å²) >= 11 is 1.17. The number of nitrogens with zero attached hydrogens (tertiary/aromatic N) is 3. The lowest BCUT2D eigenvalue weighted by Gasteiger charge is -2.11. The zero-order valence-electron chi connectivity index (χ0n) is 16.8. The van der Waals surface area contributed by atoms with Crippen LogP contribution in [-0.4, -0.2) is 23.4 Å². The average molecular weight is 453 g/mol. The van der Waals surface area contributed by atoms with E-state index >= 15 is 0 Å². The first-order chi connectivity index (χ1) is 14.9. The summed E-state index contributed by atoms with van der Waals surface area (Å²) in [4.78, 5) is 13.1. The van der Waals surface area contributed by atoms with Crippen LogP contribution in [0.25, 0.3) is 0 Å². The number of hydrogen-bond donors (Lipinski definition) is 3. The smallest absolute Gasteiger partial charge is 0.271 e. The van der Waals surface area contributed by atoms with Gasteiger partial charge in [-0.15, -0.1) is 11.3 Å². The van der Waals surface area contributed by atoms with E-state index in [9.17, 15) is 8.42 Å². The number of rotatable bonds is 7. The molecule has 0 atom stereocenters. The standard InChI is InChI=1S/C21H20N6O2S2/c1-14-9-10-22-18(12-14)26-20-13-19(23-15(2)24-20)25-16-5-7-17(8-6-16)27-31(28,29)21-4-3-11-30-21/h3-13,27H,1-2H3,(H2,22,23,24,25,26). The fourth-order valence-electron chi connectivity index (χ4n) is 2.82. The Labute approximate surface area is 184 Å². The van der Waals surface area contributed by atoms with E-state index in [0.717, 1.165) is 11.3 Å². The van der Waals surface area contributed by atoms with Gasteiger partial charge in [0.2, 0.25) is 0 Å². The Balaban J connectivity index is 1.47. The molecule has 0 amide bonds. The minimum atomic E-state index is -3.57. The molecule has 0 aliphatic carbocycles. The Kier molecular flexibility index (Phi) is 5.83. The van der Waals surface area contributed by atoms with Crippen LogP contribution in [0.2, 0.25) is 0 Å². The first-order valence-corrected chi connectivity index (χ1v) is 11.7. The third-order valence-corrected chi connectivity index (χ3v) is 6.96.